The minimum atomic E-state index is -0.963. The van der Waals surface area contributed by atoms with Crippen LogP contribution in [0.2, 0.25) is 0 Å². The minimum Gasteiger partial charge on any atom is -0.386 e. The highest BCUT2D eigenvalue weighted by Crippen LogP contribution is 2.25. The zero-order chi connectivity index (χ0) is 17.0. The summed E-state index contributed by atoms with van der Waals surface area (Å²) in [5.74, 6) is 1.33. The first-order valence-electron chi connectivity index (χ1n) is 7.77. The van der Waals surface area contributed by atoms with E-state index in [1.54, 1.807) is 30.3 Å². The van der Waals surface area contributed by atoms with Crippen LogP contribution in [0.25, 0.3) is 0 Å². The summed E-state index contributed by atoms with van der Waals surface area (Å²) in [4.78, 5) is 26.1. The topological polar surface area (TPSA) is 108 Å². The van der Waals surface area contributed by atoms with Crippen molar-refractivity contribution in [2.24, 2.45) is 0 Å². The van der Waals surface area contributed by atoms with Crippen LogP contribution < -0.4 is 15.5 Å². The monoisotopic (exact) mass is 331 g/mol. The smallest absolute Gasteiger partial charge is 0.240 e. The first-order valence-corrected chi connectivity index (χ1v) is 7.77. The number of rotatable bonds is 6. The molecule has 1 saturated heterocycles. The first-order chi connectivity index (χ1) is 11.6. The quantitative estimate of drug-likeness (QED) is 0.653. The second kappa shape index (κ2) is 6.83. The van der Waals surface area contributed by atoms with E-state index >= 15 is 0 Å². The van der Waals surface area contributed by atoms with E-state index < -0.39 is 5.60 Å². The van der Waals surface area contributed by atoms with Crippen molar-refractivity contribution >= 4 is 17.5 Å². The molecule has 3 heterocycles. The maximum atomic E-state index is 11.9. The van der Waals surface area contributed by atoms with Crippen LogP contribution in [0.1, 0.15) is 6.42 Å². The van der Waals surface area contributed by atoms with Crippen molar-refractivity contribution in [3.63, 3.8) is 0 Å². The predicted octanol–water partition coefficient (Wildman–Crippen LogP) is -0.528. The molecular formula is C15H21N7O2. The fraction of sp³-hybridized carbons (Fsp3) is 0.467. The number of aliphatic hydroxyl groups is 1. The Hall–Kier alpha value is -2.68. The molecule has 0 radical (unpaired) electrons. The van der Waals surface area contributed by atoms with Crippen molar-refractivity contribution in [2.75, 3.05) is 36.9 Å². The lowest BCUT2D eigenvalue weighted by molar-refractivity contribution is -0.122. The molecular weight excluding hydrogens is 310 g/mol. The molecule has 0 saturated carbocycles. The Labute approximate surface area is 139 Å². The zero-order valence-corrected chi connectivity index (χ0v) is 13.5. The lowest BCUT2D eigenvalue weighted by atomic mass is 10.0. The van der Waals surface area contributed by atoms with Crippen molar-refractivity contribution < 1.29 is 9.90 Å². The number of anilines is 2. The summed E-state index contributed by atoms with van der Waals surface area (Å²) in [7, 11) is 1.79. The van der Waals surface area contributed by atoms with Crippen LogP contribution in [0, 0.1) is 0 Å². The Kier molecular flexibility index (Phi) is 4.61. The molecule has 128 valence electrons. The number of nitrogens with one attached hydrogen (secondary N) is 2. The maximum Gasteiger partial charge on any atom is 0.240 e. The van der Waals surface area contributed by atoms with E-state index in [1.165, 1.54) is 6.33 Å². The van der Waals surface area contributed by atoms with Crippen LogP contribution in [0.4, 0.5) is 11.6 Å². The highest BCUT2D eigenvalue weighted by Gasteiger charge is 2.37. The van der Waals surface area contributed by atoms with E-state index in [2.05, 4.69) is 25.6 Å². The molecule has 0 aromatic carbocycles. The molecule has 3 N–H and O–H groups in total. The van der Waals surface area contributed by atoms with Crippen LogP contribution in [-0.2, 0) is 11.3 Å². The molecule has 1 unspecified atom stereocenters. The second-order valence-corrected chi connectivity index (χ2v) is 5.92. The Morgan fingerprint density at radius 3 is 3.08 bits per heavy atom. The highest BCUT2D eigenvalue weighted by molar-refractivity contribution is 5.75. The van der Waals surface area contributed by atoms with Crippen molar-refractivity contribution in [1.82, 2.24) is 24.8 Å². The molecule has 9 nitrogen and oxygen atoms in total. The number of β-amino-alcohol motifs (C(OH)–C–C–N with tert-alkyl or cyclic N) is 1. The van der Waals surface area contributed by atoms with Gasteiger partial charge in [-0.3, -0.25) is 4.79 Å². The van der Waals surface area contributed by atoms with Crippen molar-refractivity contribution in [1.29, 1.82) is 0 Å². The van der Waals surface area contributed by atoms with Gasteiger partial charge in [0.15, 0.2) is 0 Å². The van der Waals surface area contributed by atoms with Crippen LogP contribution in [0.15, 0.2) is 31.1 Å². The van der Waals surface area contributed by atoms with E-state index in [1.807, 2.05) is 11.0 Å². The molecule has 1 atom stereocenters. The third kappa shape index (κ3) is 3.80. The maximum absolute atomic E-state index is 11.9. The first kappa shape index (κ1) is 16.2. The standard InChI is InChI=1S/C15H21N7O2/c1-16-12-6-13(20-10-19-12)22-4-2-15(24,9-22)8-18-14(23)7-21-5-3-17-11-21/h3,5-6,10-11,24H,2,4,7-9H2,1H3,(H,18,23)(H,16,19,20). The highest BCUT2D eigenvalue weighted by atomic mass is 16.3. The Morgan fingerprint density at radius 1 is 1.46 bits per heavy atom. The molecule has 9 heteroatoms. The van der Waals surface area contributed by atoms with Gasteiger partial charge in [-0.15, -0.1) is 0 Å². The van der Waals surface area contributed by atoms with Gasteiger partial charge in [0.25, 0.3) is 0 Å². The van der Waals surface area contributed by atoms with Crippen molar-refractivity contribution in [2.45, 2.75) is 18.6 Å². The lowest BCUT2D eigenvalue weighted by Crippen LogP contribution is -2.45. The van der Waals surface area contributed by atoms with Gasteiger partial charge < -0.3 is 25.2 Å². The van der Waals surface area contributed by atoms with Gasteiger partial charge in [-0.1, -0.05) is 0 Å². The Morgan fingerprint density at radius 2 is 2.33 bits per heavy atom. The van der Waals surface area contributed by atoms with Crippen LogP contribution in [0.5, 0.6) is 0 Å². The van der Waals surface area contributed by atoms with Gasteiger partial charge in [0.05, 0.1) is 6.33 Å². The van der Waals surface area contributed by atoms with Crippen molar-refractivity contribution in [3.05, 3.63) is 31.1 Å². The number of carbonyl (C=O) groups excluding carboxylic acids is 1. The average Bonchev–Trinajstić information content (AvgIpc) is 3.23. The predicted molar refractivity (Wildman–Crippen MR) is 88.6 cm³/mol. The molecule has 1 aliphatic rings. The van der Waals surface area contributed by atoms with Gasteiger partial charge in [-0.25, -0.2) is 15.0 Å². The summed E-state index contributed by atoms with van der Waals surface area (Å²) < 4.78 is 1.68. The fourth-order valence-corrected chi connectivity index (χ4v) is 2.72. The fourth-order valence-electron chi connectivity index (χ4n) is 2.72. The molecule has 1 aliphatic heterocycles. The van der Waals surface area contributed by atoms with Gasteiger partial charge >= 0.3 is 0 Å². The van der Waals surface area contributed by atoms with E-state index in [0.717, 1.165) is 11.6 Å². The summed E-state index contributed by atoms with van der Waals surface area (Å²) in [6, 6.07) is 1.84. The van der Waals surface area contributed by atoms with Gasteiger partial charge in [-0.2, -0.15) is 0 Å². The average molecular weight is 331 g/mol. The van der Waals surface area contributed by atoms with Crippen LogP contribution in [0.3, 0.4) is 0 Å². The number of imidazole rings is 1. The number of carbonyl (C=O) groups is 1. The number of nitrogens with zero attached hydrogens (tertiary/aromatic N) is 5. The summed E-state index contributed by atoms with van der Waals surface area (Å²) >= 11 is 0. The van der Waals surface area contributed by atoms with Crippen LogP contribution >= 0.6 is 0 Å². The lowest BCUT2D eigenvalue weighted by Gasteiger charge is -2.24. The molecule has 3 rings (SSSR count). The molecule has 1 fully saturated rings. The van der Waals surface area contributed by atoms with Gasteiger partial charge in [0.2, 0.25) is 5.91 Å². The summed E-state index contributed by atoms with van der Waals surface area (Å²) in [6.45, 7) is 1.49. The van der Waals surface area contributed by atoms with E-state index in [0.29, 0.717) is 19.5 Å². The second-order valence-electron chi connectivity index (χ2n) is 5.92. The molecule has 0 bridgehead atoms. The molecule has 24 heavy (non-hydrogen) atoms. The normalized spacial score (nSPS) is 20.2. The van der Waals surface area contributed by atoms with Crippen LogP contribution in [-0.4, -0.2) is 62.8 Å². The SMILES string of the molecule is CNc1cc(N2CCC(O)(CNC(=O)Cn3ccnc3)C2)ncn1. The zero-order valence-electron chi connectivity index (χ0n) is 13.5. The Balaban J connectivity index is 1.54. The van der Waals surface area contributed by atoms with E-state index in [4.69, 9.17) is 0 Å². The third-order valence-corrected chi connectivity index (χ3v) is 4.07. The minimum absolute atomic E-state index is 0.153. The summed E-state index contributed by atoms with van der Waals surface area (Å²) in [5.41, 5.74) is -0.963. The summed E-state index contributed by atoms with van der Waals surface area (Å²) in [6.07, 6.45) is 6.99. The molecule has 1 amide bonds. The number of aromatic nitrogens is 4. The van der Waals surface area contributed by atoms with E-state index in [9.17, 15) is 9.90 Å². The summed E-state index contributed by atoms with van der Waals surface area (Å²) in [5, 5.41) is 16.4. The largest absolute Gasteiger partial charge is 0.386 e. The number of hydrogen-bond donors (Lipinski definition) is 3. The van der Waals surface area contributed by atoms with Gasteiger partial charge in [0, 0.05) is 45.1 Å². The van der Waals surface area contributed by atoms with Gasteiger partial charge in [0.1, 0.15) is 30.1 Å². The third-order valence-electron chi connectivity index (χ3n) is 4.07. The molecule has 2 aromatic heterocycles. The molecule has 0 spiro atoms. The number of amides is 1. The van der Waals surface area contributed by atoms with Gasteiger partial charge in [-0.05, 0) is 6.42 Å². The van der Waals surface area contributed by atoms with E-state index in [-0.39, 0.29) is 19.0 Å². The number of hydrogen-bond acceptors (Lipinski definition) is 7. The molecule has 0 aliphatic carbocycles. The van der Waals surface area contributed by atoms with Crippen molar-refractivity contribution in [3.8, 4) is 0 Å². The Bertz CT molecular complexity index is 691. The molecule has 2 aromatic rings.